The first-order valence-electron chi connectivity index (χ1n) is 30.6. The third-order valence-electron chi connectivity index (χ3n) is 14.9. The van der Waals surface area contributed by atoms with Gasteiger partial charge in [-0.1, -0.05) is 93.8 Å². The van der Waals surface area contributed by atoms with Gasteiger partial charge in [0.1, 0.15) is 16.7 Å². The molecule has 0 radical (unpaired) electrons. The number of hydrogen-bond donors (Lipinski definition) is 13. The molecule has 12 aromatic rings. The molecule has 0 unspecified atom stereocenters. The Morgan fingerprint density at radius 1 is 0.485 bits per heavy atom. The fourth-order valence-corrected chi connectivity index (χ4v) is 9.83. The zero-order valence-electron chi connectivity index (χ0n) is 54.2. The summed E-state index contributed by atoms with van der Waals surface area (Å²) in [7, 11) is 0. The molecule has 101 heavy (non-hydrogen) atoms. The third-order valence-corrected chi connectivity index (χ3v) is 14.9. The number of ether oxygens (including phenoxy) is 2. The van der Waals surface area contributed by atoms with Crippen LogP contribution in [0.1, 0.15) is 139 Å². The fraction of sp³-hybridized carbons (Fsp3) is 0.240. The number of benzene rings is 6. The predicted molar refractivity (Wildman–Crippen MR) is 400 cm³/mol. The van der Waals surface area contributed by atoms with E-state index < -0.39 is 35.1 Å². The minimum Gasteiger partial charge on any atom is -0.553 e. The van der Waals surface area contributed by atoms with Gasteiger partial charge in [0.2, 0.25) is 16.3 Å². The van der Waals surface area contributed by atoms with Crippen molar-refractivity contribution in [3.63, 3.8) is 0 Å². The number of carboxylic acids is 1. The number of aromatic carboxylic acids is 1. The van der Waals surface area contributed by atoms with Gasteiger partial charge in [-0.25, -0.2) is 9.59 Å². The van der Waals surface area contributed by atoms with E-state index >= 15 is 0 Å². The van der Waals surface area contributed by atoms with Crippen LogP contribution in [0.15, 0.2) is 179 Å². The number of nitrogens with two attached hydrogens (primary N) is 1. The number of H-pyrrole nitrogens is 6. The largest absolute Gasteiger partial charge is 1.00 e. The normalized spacial score (nSPS) is 10.9. The zero-order valence-corrected chi connectivity index (χ0v) is 56.2. The second kappa shape index (κ2) is 40.3. The standard InChI is InChI=1S/C23H22N4O3.C21H17N3O4.C19H13N3O4.C4H11N.C4H8O.4CH4.H2NO.Na/c1-13(2)11-26-22(29)16-9-14-7-8-24-19(14)10-20(16)27-23(30)17-12-25-18-6-4-3-5-15(18)21(17)28;1-2-28-21(27)14-9-12-7-8-22-17(12)10-18(14)24-20(26)15-11-23-16-6-4-3-5-13(16)19(15)25;23-17-11-3-1-2-4-14(11)21-9-13(17)18(24)22-16-8-15-10(5-6-20-15)7-12(16)19(25)26;1-4(2)3-5;1-2-4-5-3-1;;;;;1-2;/h3-10,12-13,24H,11H2,1-2H3,(H,25,28)(H,26,29)(H,27,30);3-11,22H,2H2,1H3,(H,23,25)(H,24,26);1-9,20H,(H,21,23)(H,22,24)(H,25,26);4H,3,5H2,1-2H3;1-4H2;4*1H4;1-2H;/q;;;;;;;;;-1;+1. The molecule has 13 rings (SSSR count). The Morgan fingerprint density at radius 3 is 1.15 bits per heavy atom. The molecule has 0 spiro atoms. The van der Waals surface area contributed by atoms with E-state index in [1.54, 1.807) is 123 Å². The van der Waals surface area contributed by atoms with Crippen molar-refractivity contribution in [3.05, 3.63) is 235 Å². The van der Waals surface area contributed by atoms with Crippen molar-refractivity contribution in [1.29, 1.82) is 0 Å². The maximum atomic E-state index is 12.9. The number of aromatic amines is 6. The van der Waals surface area contributed by atoms with Gasteiger partial charge in [0.05, 0.1) is 40.4 Å². The first-order valence-corrected chi connectivity index (χ1v) is 30.6. The van der Waals surface area contributed by atoms with Gasteiger partial charge < -0.3 is 82.6 Å². The first-order chi connectivity index (χ1) is 46.3. The van der Waals surface area contributed by atoms with E-state index in [-0.39, 0.29) is 122 Å². The number of rotatable bonds is 13. The Bertz CT molecular complexity index is 4960. The van der Waals surface area contributed by atoms with Crippen molar-refractivity contribution < 1.29 is 78.1 Å². The monoisotopic (exact) mass is 1390 g/mol. The quantitative estimate of drug-likeness (QED) is 0.0290. The first kappa shape index (κ1) is 84.5. The molecule has 4 amide bonds. The molecule has 528 valence electrons. The molecule has 1 fully saturated rings. The van der Waals surface area contributed by atoms with Crippen LogP contribution in [0.5, 0.6) is 0 Å². The maximum absolute atomic E-state index is 12.9. The number of anilines is 3. The van der Waals surface area contributed by atoms with Crippen LogP contribution in [0, 0.1) is 11.8 Å². The van der Waals surface area contributed by atoms with Crippen molar-refractivity contribution in [2.45, 2.75) is 77.2 Å². The number of carbonyl (C=O) groups excluding carboxylic acids is 5. The van der Waals surface area contributed by atoms with E-state index in [1.165, 1.54) is 43.6 Å². The molecule has 0 bridgehead atoms. The van der Waals surface area contributed by atoms with Gasteiger partial charge in [0.15, 0.2) is 0 Å². The van der Waals surface area contributed by atoms with Gasteiger partial charge in [0.25, 0.3) is 23.6 Å². The molecule has 0 saturated carbocycles. The Kier molecular flexibility index (Phi) is 33.7. The molecular weight excluding hydrogens is 1300 g/mol. The molecule has 1 aliphatic heterocycles. The van der Waals surface area contributed by atoms with E-state index in [9.17, 15) is 48.3 Å². The average molecular weight is 1390 g/mol. The summed E-state index contributed by atoms with van der Waals surface area (Å²) in [6, 6.07) is 35.9. The molecule has 15 N–H and O–H groups in total. The summed E-state index contributed by atoms with van der Waals surface area (Å²) in [5.41, 5.74) is 9.19. The van der Waals surface area contributed by atoms with Crippen LogP contribution >= 0.6 is 0 Å². The van der Waals surface area contributed by atoms with Crippen LogP contribution in [-0.4, -0.2) is 109 Å². The van der Waals surface area contributed by atoms with Crippen LogP contribution < -0.4 is 72.8 Å². The number of pyridine rings is 3. The van der Waals surface area contributed by atoms with Gasteiger partial charge in [-0.3, -0.25) is 33.6 Å². The smallest absolute Gasteiger partial charge is 0.553 e. The maximum Gasteiger partial charge on any atom is 1.00 e. The summed E-state index contributed by atoms with van der Waals surface area (Å²) in [6.07, 6.45) is 11.8. The fourth-order valence-electron chi connectivity index (χ4n) is 9.83. The number of nitrogens with one attached hydrogen (secondary N) is 11. The molecule has 0 aliphatic carbocycles. The predicted octanol–water partition coefficient (Wildman–Crippen LogP) is 11.4. The Morgan fingerprint density at radius 2 is 0.822 bits per heavy atom. The number of amides is 4. The van der Waals surface area contributed by atoms with E-state index in [2.05, 4.69) is 65.0 Å². The minimum atomic E-state index is -1.17. The molecule has 26 heteroatoms. The Hall–Kier alpha value is -10.8. The number of fused-ring (bicyclic) bond motifs is 6. The molecule has 6 aromatic heterocycles. The second-order valence-electron chi connectivity index (χ2n) is 22.6. The molecule has 1 aliphatic rings. The van der Waals surface area contributed by atoms with Gasteiger partial charge in [-0.15, -0.1) is 0 Å². The molecule has 6 aromatic carbocycles. The Balaban J connectivity index is 0.000000355. The second-order valence-corrected chi connectivity index (χ2v) is 22.6. The molecular formula is C75H89N12NaO13. The molecule has 7 heterocycles. The van der Waals surface area contributed by atoms with Crippen molar-refractivity contribution >= 4 is 118 Å². The van der Waals surface area contributed by atoms with Crippen LogP contribution in [-0.2, 0) is 9.47 Å². The van der Waals surface area contributed by atoms with Crippen LogP contribution in [0.25, 0.3) is 71.3 Å². The Labute approximate surface area is 605 Å². The van der Waals surface area contributed by atoms with E-state index in [0.717, 1.165) is 41.6 Å². The van der Waals surface area contributed by atoms with Crippen molar-refractivity contribution in [2.24, 2.45) is 17.6 Å². The van der Waals surface area contributed by atoms with Gasteiger partial charge in [0, 0.05) is 122 Å². The summed E-state index contributed by atoms with van der Waals surface area (Å²) < 4.78 is 10.0. The van der Waals surface area contributed by atoms with E-state index in [4.69, 9.17) is 26.3 Å². The SMILES string of the molecule is C.C.C.C.C1CCOC1.CC(C)CN.CC(C)CNC(=O)c1cc2cc[nH]c2cc1NC(=O)c1c[nH]c2ccccc2c1=O.CCOC(=O)c1cc2cc[nH]c2cc1NC(=O)c1c[nH]c2ccccc2c1=O.O=C(O)c1cc2cc[nH]c2cc1NC(=O)c1c[nH]c2ccccc2c1=O.[NH-]O.[Na+]. The van der Waals surface area contributed by atoms with Gasteiger partial charge >= 0.3 is 41.5 Å². The van der Waals surface area contributed by atoms with Gasteiger partial charge in [-0.05, 0) is 129 Å². The number of aromatic nitrogens is 6. The number of para-hydroxylation sites is 3. The van der Waals surface area contributed by atoms with Crippen molar-refractivity contribution in [1.82, 2.24) is 35.2 Å². The third kappa shape index (κ3) is 21.4. The summed E-state index contributed by atoms with van der Waals surface area (Å²) >= 11 is 0. The molecule has 25 nitrogen and oxygen atoms in total. The van der Waals surface area contributed by atoms with Crippen LogP contribution in [0.4, 0.5) is 17.1 Å². The summed E-state index contributed by atoms with van der Waals surface area (Å²) in [4.78, 5) is 131. The molecule has 0 atom stereocenters. The number of carbonyl (C=O) groups is 6. The number of hydrogen-bond acceptors (Lipinski definition) is 13. The van der Waals surface area contributed by atoms with Crippen molar-refractivity contribution in [3.8, 4) is 0 Å². The topological polar surface area (TPSA) is 405 Å². The van der Waals surface area contributed by atoms with E-state index in [0.29, 0.717) is 73.2 Å². The number of carboxylic acid groups (broad SMARTS) is 1. The average Bonchev–Trinajstić information content (AvgIpc) is 1.54. The zero-order chi connectivity index (χ0) is 69.0. The molecule has 1 saturated heterocycles. The minimum absolute atomic E-state index is 0. The number of esters is 1. The van der Waals surface area contributed by atoms with E-state index in [1.807, 2.05) is 32.0 Å². The summed E-state index contributed by atoms with van der Waals surface area (Å²) in [6.45, 7) is 13.4. The van der Waals surface area contributed by atoms with Crippen LogP contribution in [0.2, 0.25) is 0 Å². The summed E-state index contributed by atoms with van der Waals surface area (Å²) in [5, 5.41) is 30.1. The summed E-state index contributed by atoms with van der Waals surface area (Å²) in [5.74, 6) is 1.84. The van der Waals surface area contributed by atoms with Crippen LogP contribution in [0.3, 0.4) is 0 Å². The van der Waals surface area contributed by atoms with Gasteiger partial charge in [-0.2, -0.15) is 0 Å². The van der Waals surface area contributed by atoms with Crippen molar-refractivity contribution in [2.75, 3.05) is 48.9 Å².